The van der Waals surface area contributed by atoms with Crippen LogP contribution in [0.5, 0.6) is 11.5 Å². The number of pyridine rings is 1. The van der Waals surface area contributed by atoms with Crippen molar-refractivity contribution in [3.8, 4) is 84.3 Å². The standard InChI is InChI=1S/C83H72N4O.Pt/c1-54-52-84-78(51-69(54)57-26-17-12-18-27-57)87-74-31-20-19-28-67(74)68-36-35-63(50-76(68)87)88-64-45-61(56-24-15-11-16-25-56)44-62(49-64)85-53-86(75-39-34-58(48-77(75)85)55-22-13-10-14-23-55)79-65(59-32-37-70-72(46-59)82(6,7)42-40-80(70,2)3)29-21-30-66(79)60-33-38-71-73(47-60)83(8,9)43-41-81(71,4)5;/h10-39,44-48,51-52H,40-43H2,1-9H3;/q-2;/i1D3,2D3,3D3,4D3,5D3,6D3,7D3,8D3,9D3,32D,33D,37D,38D,40D2,41D2,42D2,43D2,46D,47D;. The topological polar surface area (TPSA) is 35.9 Å². The van der Waals surface area contributed by atoms with E-state index in [0.29, 0.717) is 55.2 Å². The molecule has 0 saturated carbocycles. The number of aryl methyl sites for hydroxylation is 1. The van der Waals surface area contributed by atoms with Crippen LogP contribution < -0.4 is 9.30 Å². The molecule has 0 spiro atoms. The Kier molecular flexibility index (Phi) is 6.89. The van der Waals surface area contributed by atoms with Crippen molar-refractivity contribution in [2.24, 2.45) is 0 Å². The summed E-state index contributed by atoms with van der Waals surface area (Å²) in [6.45, 7) is -39.4. The third-order valence-electron chi connectivity index (χ3n) is 15.7. The van der Waals surface area contributed by atoms with Crippen LogP contribution in [0.2, 0.25) is 0 Å². The minimum absolute atomic E-state index is 0. The zero-order valence-corrected chi connectivity index (χ0v) is 48.7. The number of fused-ring (bicyclic) bond motifs is 6. The first-order chi connectivity index (χ1) is 59.3. The molecular formula is C83H72N4OPt-2. The molecule has 0 amide bonds. The van der Waals surface area contributed by atoms with Gasteiger partial charge >= 0.3 is 0 Å². The molecule has 6 heteroatoms. The van der Waals surface area contributed by atoms with Gasteiger partial charge in [0.15, 0.2) is 0 Å². The monoisotopic (exact) mass is 1380 g/mol. The molecule has 3 heterocycles. The van der Waals surface area contributed by atoms with Crippen molar-refractivity contribution in [1.82, 2.24) is 14.1 Å². The third-order valence-corrected chi connectivity index (χ3v) is 15.7. The van der Waals surface area contributed by atoms with E-state index in [9.17, 15) is 35.6 Å². The van der Waals surface area contributed by atoms with Crippen molar-refractivity contribution in [2.75, 3.05) is 0 Å². The predicted molar refractivity (Wildman–Crippen MR) is 362 cm³/mol. The van der Waals surface area contributed by atoms with E-state index in [1.165, 1.54) is 22.9 Å². The molecule has 2 aliphatic rings. The van der Waals surface area contributed by atoms with Gasteiger partial charge in [-0.2, -0.15) is 12.1 Å². The van der Waals surface area contributed by atoms with E-state index in [-0.39, 0.29) is 60.7 Å². The summed E-state index contributed by atoms with van der Waals surface area (Å²) in [6, 6.07) is 44.3. The summed E-state index contributed by atoms with van der Waals surface area (Å²) in [7, 11) is 0. The zero-order chi connectivity index (χ0) is 95.2. The Morgan fingerprint density at radius 2 is 1.08 bits per heavy atom. The van der Waals surface area contributed by atoms with Crippen LogP contribution in [0.4, 0.5) is 0 Å². The molecule has 0 N–H and O–H groups in total. The molecular weight excluding hydrogens is 1260 g/mol. The molecule has 0 unspecified atom stereocenters. The van der Waals surface area contributed by atoms with E-state index in [0.717, 1.165) is 22.8 Å². The van der Waals surface area contributed by atoms with E-state index in [1.54, 1.807) is 138 Å². The van der Waals surface area contributed by atoms with Gasteiger partial charge in [-0.3, -0.25) is 4.57 Å². The molecule has 2 aliphatic carbocycles. The van der Waals surface area contributed by atoms with Gasteiger partial charge < -0.3 is 13.9 Å². The van der Waals surface area contributed by atoms with Gasteiger partial charge in [0.25, 0.3) is 6.33 Å². The van der Waals surface area contributed by atoms with Crippen LogP contribution in [-0.2, 0) is 42.7 Å². The quantitative estimate of drug-likeness (QED) is 0.101. The summed E-state index contributed by atoms with van der Waals surface area (Å²) in [6.07, 6.45) is -15.0. The van der Waals surface area contributed by atoms with Gasteiger partial charge in [-0.1, -0.05) is 236 Å². The fraction of sp³-hybridized carbons (Fsp3) is 0.205. The Labute approximate surface area is 596 Å². The minimum Gasteiger partial charge on any atom is -0.510 e. The molecule has 89 heavy (non-hydrogen) atoms. The van der Waals surface area contributed by atoms with Crippen LogP contribution in [0.15, 0.2) is 224 Å². The third kappa shape index (κ3) is 10.2. The summed E-state index contributed by atoms with van der Waals surface area (Å²) >= 11 is 0. The molecule has 3 aromatic heterocycles. The molecule has 0 aliphatic heterocycles. The molecule has 5 nitrogen and oxygen atoms in total. The van der Waals surface area contributed by atoms with Crippen molar-refractivity contribution in [3.63, 3.8) is 0 Å². The summed E-state index contributed by atoms with van der Waals surface area (Å²) < 4.78 is 395. The number of nitrogens with zero attached hydrogens (tertiary/aromatic N) is 4. The van der Waals surface area contributed by atoms with E-state index >= 15 is 0 Å². The SMILES string of the molecule is [2H]c1c([2H])c2c(c([2H])c1-c1cccc(-c3c([2H])c([2H])c4c(c3[2H])C(C([2H])([2H])[2H])(C([2H])([2H])[2H])C([2H])([2H])C([2H])([2H])C4(C([2H])([2H])[2H])C([2H])([2H])[2H])c1-[n+]1[c-]n(-c3[c-]c(Oc4[c-]c5c(cc4)c4ccccc4n5-c4cc(-c5ccccc5)c(C([2H])([2H])[2H])cn4)cc(-c4ccccc4)c3)c3cc(-c4ccccc4)ccc31)C(C([2H])([2H])[2H])(C([2H])([2H])[2H])C([2H])([2H])C([2H])([2H])C2(C([2H])([2H])[2H])C([2H])([2H])[2H].[Pt]. The second-order valence-corrected chi connectivity index (χ2v) is 21.5. The van der Waals surface area contributed by atoms with Gasteiger partial charge in [-0.05, 0) is 161 Å². The number of imidazole rings is 1. The van der Waals surface area contributed by atoms with Crippen LogP contribution in [0.3, 0.4) is 0 Å². The Bertz CT molecular complexity index is 6490. The van der Waals surface area contributed by atoms with Crippen molar-refractivity contribution in [3.05, 3.63) is 271 Å². The molecule has 0 fully saturated rings. The first-order valence-corrected chi connectivity index (χ1v) is 27.6. The van der Waals surface area contributed by atoms with E-state index in [2.05, 4.69) is 18.5 Å². The second kappa shape index (κ2) is 22.0. The molecule has 13 aromatic rings. The smallest absolute Gasteiger partial charge is 0.268 e. The van der Waals surface area contributed by atoms with Gasteiger partial charge in [0.05, 0.1) is 24.9 Å². The van der Waals surface area contributed by atoms with Gasteiger partial charge in [0.2, 0.25) is 0 Å². The van der Waals surface area contributed by atoms with Gasteiger partial charge in [-0.15, -0.1) is 35.2 Å². The van der Waals surface area contributed by atoms with Gasteiger partial charge in [0.1, 0.15) is 5.82 Å². The molecule has 0 atom stereocenters. The van der Waals surface area contributed by atoms with Crippen LogP contribution in [0, 0.1) is 25.3 Å². The van der Waals surface area contributed by atoms with Gasteiger partial charge in [0, 0.05) is 92.3 Å². The second-order valence-electron chi connectivity index (χ2n) is 21.5. The zero-order valence-electron chi connectivity index (χ0n) is 87.4. The summed E-state index contributed by atoms with van der Waals surface area (Å²) in [5, 5.41) is 1.33. The van der Waals surface area contributed by atoms with Gasteiger partial charge in [-0.25, -0.2) is 4.98 Å². The van der Waals surface area contributed by atoms with E-state index in [4.69, 9.17) is 30.3 Å². The fourth-order valence-corrected chi connectivity index (χ4v) is 11.5. The van der Waals surface area contributed by atoms with E-state index in [1.807, 2.05) is 18.2 Å². The molecule has 0 bridgehead atoms. The summed E-state index contributed by atoms with van der Waals surface area (Å²) in [5.41, 5.74) is -29.1. The van der Waals surface area contributed by atoms with Crippen LogP contribution >= 0.6 is 0 Å². The fourth-order valence-electron chi connectivity index (χ4n) is 11.5. The normalized spacial score (nSPS) is 25.6. The van der Waals surface area contributed by atoms with Crippen LogP contribution in [-0.4, -0.2) is 14.1 Å². The predicted octanol–water partition coefficient (Wildman–Crippen LogP) is 20.9. The maximum Gasteiger partial charge on any atom is 0.268 e. The van der Waals surface area contributed by atoms with Crippen molar-refractivity contribution in [1.29, 1.82) is 0 Å². The molecule has 0 saturated heterocycles. The molecule has 0 radical (unpaired) electrons. The molecule has 442 valence electrons. The number of rotatable bonds is 10. The Balaban J connectivity index is 0.0000136. The van der Waals surface area contributed by atoms with Crippen LogP contribution in [0.1, 0.15) is 164 Å². The molecule has 10 aromatic carbocycles. The first-order valence-electron chi connectivity index (χ1n) is 48.1. The Hall–Kier alpha value is -8.89. The maximum absolute atomic E-state index is 10.6. The maximum atomic E-state index is 10.6. The Morgan fingerprint density at radius 3 is 1.70 bits per heavy atom. The average molecular weight is 1380 g/mol. The van der Waals surface area contributed by atoms with Crippen molar-refractivity contribution < 1.29 is 86.6 Å². The number of para-hydroxylation sites is 2. The average Bonchev–Trinajstić information content (AvgIpc) is 0.741. The number of aromatic nitrogens is 4. The summed E-state index contributed by atoms with van der Waals surface area (Å²) in [5.74, 6) is 0.158. The number of ether oxygens (including phenoxy) is 1. The molecule has 15 rings (SSSR count). The number of hydrogen-bond donors (Lipinski definition) is 0. The number of hydrogen-bond acceptors (Lipinski definition) is 2. The van der Waals surface area contributed by atoms with E-state index < -0.39 is 195 Å². The summed E-state index contributed by atoms with van der Waals surface area (Å²) in [4.78, 5) is 4.73. The minimum atomic E-state index is -4.91. The Morgan fingerprint density at radius 1 is 0.494 bits per heavy atom. The van der Waals surface area contributed by atoms with Crippen molar-refractivity contribution >= 4 is 32.8 Å². The number of benzene rings is 10. The van der Waals surface area contributed by atoms with Crippen molar-refractivity contribution in [2.45, 2.75) is 109 Å². The first kappa shape index (κ1) is 27.9. The van der Waals surface area contributed by atoms with Crippen LogP contribution in [0.25, 0.3) is 106 Å². The largest absolute Gasteiger partial charge is 0.510 e.